The van der Waals surface area contributed by atoms with Crippen molar-refractivity contribution < 1.29 is 19.0 Å². The number of hydrogen-bond donors (Lipinski definition) is 3. The average Bonchev–Trinajstić information content (AvgIpc) is 2.40. The summed E-state index contributed by atoms with van der Waals surface area (Å²) in [6, 6.07) is 4.49. The summed E-state index contributed by atoms with van der Waals surface area (Å²) in [5, 5.41) is 14.6. The first kappa shape index (κ1) is 16.4. The Hall–Kier alpha value is -1.66. The monoisotopic (exact) mass is 284 g/mol. The van der Waals surface area contributed by atoms with Crippen molar-refractivity contribution in [2.24, 2.45) is 0 Å². The topological polar surface area (TPSA) is 70.6 Å². The Labute approximate surface area is 118 Å². The first-order chi connectivity index (χ1) is 9.52. The largest absolute Gasteiger partial charge is 0.391 e. The molecule has 20 heavy (non-hydrogen) atoms. The molecule has 1 atom stereocenters. The maximum absolute atomic E-state index is 13.3. The first-order valence-electron chi connectivity index (χ1n) is 6.46. The molecule has 5 nitrogen and oxygen atoms in total. The van der Waals surface area contributed by atoms with Crippen LogP contribution in [0, 0.1) is 12.7 Å². The lowest BCUT2D eigenvalue weighted by atomic mass is 10.1. The number of halogens is 1. The van der Waals surface area contributed by atoms with Crippen molar-refractivity contribution in [3.63, 3.8) is 0 Å². The van der Waals surface area contributed by atoms with Gasteiger partial charge < -0.3 is 20.5 Å². The molecule has 0 fully saturated rings. The molecule has 6 heteroatoms. The zero-order valence-electron chi connectivity index (χ0n) is 11.8. The highest BCUT2D eigenvalue weighted by Crippen LogP contribution is 2.08. The molecule has 0 aromatic heterocycles. The summed E-state index contributed by atoms with van der Waals surface area (Å²) in [6.07, 6.45) is -0.174. The van der Waals surface area contributed by atoms with E-state index in [-0.39, 0.29) is 25.0 Å². The van der Waals surface area contributed by atoms with Crippen LogP contribution in [0.25, 0.3) is 0 Å². The van der Waals surface area contributed by atoms with E-state index < -0.39 is 6.10 Å². The minimum absolute atomic E-state index is 0.242. The maximum Gasteiger partial charge on any atom is 0.315 e. The third-order valence-electron chi connectivity index (χ3n) is 2.81. The lowest BCUT2D eigenvalue weighted by molar-refractivity contribution is 0.0598. The van der Waals surface area contributed by atoms with Crippen LogP contribution in [0.4, 0.5) is 9.18 Å². The van der Waals surface area contributed by atoms with Crippen molar-refractivity contribution in [3.8, 4) is 0 Å². The van der Waals surface area contributed by atoms with E-state index in [1.165, 1.54) is 13.2 Å². The van der Waals surface area contributed by atoms with E-state index in [0.29, 0.717) is 24.1 Å². The van der Waals surface area contributed by atoms with E-state index in [1.807, 2.05) is 0 Å². The summed E-state index contributed by atoms with van der Waals surface area (Å²) in [6.45, 7) is 2.53. The first-order valence-corrected chi connectivity index (χ1v) is 6.46. The highest BCUT2D eigenvalue weighted by molar-refractivity contribution is 5.73. The molecule has 0 aliphatic carbocycles. The van der Waals surface area contributed by atoms with Gasteiger partial charge in [0, 0.05) is 20.2 Å². The molecular formula is C14H21FN2O3. The molecule has 2 amide bonds. The average molecular weight is 284 g/mol. The molecule has 0 heterocycles. The number of ether oxygens (including phenoxy) is 1. The van der Waals surface area contributed by atoms with Gasteiger partial charge in [0.15, 0.2) is 0 Å². The molecular weight excluding hydrogens is 263 g/mol. The Morgan fingerprint density at radius 1 is 1.45 bits per heavy atom. The maximum atomic E-state index is 13.3. The molecule has 112 valence electrons. The van der Waals surface area contributed by atoms with Gasteiger partial charge in [-0.05, 0) is 30.5 Å². The molecule has 0 aliphatic heterocycles. The fourth-order valence-electron chi connectivity index (χ4n) is 1.62. The lowest BCUT2D eigenvalue weighted by Crippen LogP contribution is -2.37. The minimum atomic E-state index is -0.591. The van der Waals surface area contributed by atoms with Crippen molar-refractivity contribution >= 4 is 6.03 Å². The van der Waals surface area contributed by atoms with Gasteiger partial charge in [-0.15, -0.1) is 0 Å². The van der Waals surface area contributed by atoms with Crippen LogP contribution in [0.1, 0.15) is 17.5 Å². The van der Waals surface area contributed by atoms with E-state index in [2.05, 4.69) is 10.6 Å². The van der Waals surface area contributed by atoms with E-state index in [4.69, 9.17) is 4.74 Å². The number of hydrogen-bond acceptors (Lipinski definition) is 3. The smallest absolute Gasteiger partial charge is 0.315 e. The van der Waals surface area contributed by atoms with Crippen LogP contribution in [0.2, 0.25) is 0 Å². The molecule has 1 rings (SSSR count). The Morgan fingerprint density at radius 3 is 2.85 bits per heavy atom. The highest BCUT2D eigenvalue weighted by Gasteiger charge is 2.05. The van der Waals surface area contributed by atoms with Gasteiger partial charge in [0.2, 0.25) is 0 Å². The number of benzene rings is 1. The van der Waals surface area contributed by atoms with Gasteiger partial charge in [0.05, 0.1) is 12.7 Å². The molecule has 0 saturated carbocycles. The van der Waals surface area contributed by atoms with Gasteiger partial charge in [-0.25, -0.2) is 9.18 Å². The summed E-state index contributed by atoms with van der Waals surface area (Å²) in [5.41, 5.74) is 1.27. The number of aliphatic hydroxyl groups excluding tert-OH is 1. The highest BCUT2D eigenvalue weighted by atomic mass is 19.1. The zero-order chi connectivity index (χ0) is 15.0. The standard InChI is InChI=1S/C14H21FN2O3/c1-10-3-4-11(7-13(10)15)8-17-14(19)16-6-5-12(18)9-20-2/h3-4,7,12,18H,5-6,8-9H2,1-2H3,(H2,16,17,19). The fourth-order valence-corrected chi connectivity index (χ4v) is 1.62. The number of urea groups is 1. The summed E-state index contributed by atoms with van der Waals surface area (Å²) in [7, 11) is 1.50. The molecule has 0 aliphatic rings. The fraction of sp³-hybridized carbons (Fsp3) is 0.500. The van der Waals surface area contributed by atoms with E-state index in [1.54, 1.807) is 19.1 Å². The van der Waals surface area contributed by atoms with Gasteiger partial charge in [-0.1, -0.05) is 12.1 Å². The normalized spacial score (nSPS) is 12.0. The minimum Gasteiger partial charge on any atom is -0.391 e. The predicted molar refractivity (Wildman–Crippen MR) is 73.9 cm³/mol. The Morgan fingerprint density at radius 2 is 2.20 bits per heavy atom. The van der Waals surface area contributed by atoms with Crippen molar-refractivity contribution in [2.75, 3.05) is 20.3 Å². The zero-order valence-corrected chi connectivity index (χ0v) is 11.8. The van der Waals surface area contributed by atoms with Crippen molar-refractivity contribution in [2.45, 2.75) is 26.0 Å². The molecule has 3 N–H and O–H groups in total. The van der Waals surface area contributed by atoms with E-state index in [9.17, 15) is 14.3 Å². The van der Waals surface area contributed by atoms with Gasteiger partial charge in [0.25, 0.3) is 0 Å². The van der Waals surface area contributed by atoms with Crippen molar-refractivity contribution in [3.05, 3.63) is 35.1 Å². The van der Waals surface area contributed by atoms with E-state index >= 15 is 0 Å². The number of rotatable bonds is 7. The molecule has 1 unspecified atom stereocenters. The van der Waals surface area contributed by atoms with Crippen LogP contribution < -0.4 is 10.6 Å². The van der Waals surface area contributed by atoms with Crippen LogP contribution >= 0.6 is 0 Å². The molecule has 1 aromatic rings. The van der Waals surface area contributed by atoms with Gasteiger partial charge in [0.1, 0.15) is 5.82 Å². The third-order valence-corrected chi connectivity index (χ3v) is 2.81. The molecule has 0 bridgehead atoms. The lowest BCUT2D eigenvalue weighted by Gasteiger charge is -2.11. The summed E-state index contributed by atoms with van der Waals surface area (Å²) in [5.74, 6) is -0.285. The van der Waals surface area contributed by atoms with Crippen LogP contribution in [-0.2, 0) is 11.3 Å². The van der Waals surface area contributed by atoms with E-state index in [0.717, 1.165) is 0 Å². The second kappa shape index (κ2) is 8.50. The molecule has 0 radical (unpaired) electrons. The Bertz CT molecular complexity index is 440. The second-order valence-corrected chi connectivity index (χ2v) is 4.59. The summed E-state index contributed by atoms with van der Waals surface area (Å²) in [4.78, 5) is 11.5. The number of carbonyl (C=O) groups excluding carboxylic acids is 1. The summed E-state index contributed by atoms with van der Waals surface area (Å²) >= 11 is 0. The van der Waals surface area contributed by atoms with Gasteiger partial charge in [-0.2, -0.15) is 0 Å². The van der Waals surface area contributed by atoms with Gasteiger partial charge >= 0.3 is 6.03 Å². The van der Waals surface area contributed by atoms with Crippen LogP contribution in [-0.4, -0.2) is 37.5 Å². The summed E-state index contributed by atoms with van der Waals surface area (Å²) < 4.78 is 18.1. The van der Waals surface area contributed by atoms with Gasteiger partial charge in [-0.3, -0.25) is 0 Å². The number of carbonyl (C=O) groups is 1. The van der Waals surface area contributed by atoms with Crippen LogP contribution in [0.3, 0.4) is 0 Å². The number of nitrogens with one attached hydrogen (secondary N) is 2. The second-order valence-electron chi connectivity index (χ2n) is 4.59. The number of aryl methyl sites for hydroxylation is 1. The van der Waals surface area contributed by atoms with Crippen molar-refractivity contribution in [1.82, 2.24) is 10.6 Å². The Balaban J connectivity index is 2.24. The number of aliphatic hydroxyl groups is 1. The SMILES string of the molecule is COCC(O)CCNC(=O)NCc1ccc(C)c(F)c1. The van der Waals surface area contributed by atoms with Crippen LogP contribution in [0.5, 0.6) is 0 Å². The van der Waals surface area contributed by atoms with Crippen LogP contribution in [0.15, 0.2) is 18.2 Å². The molecule has 0 spiro atoms. The number of methoxy groups -OCH3 is 1. The third kappa shape index (κ3) is 5.99. The molecule has 1 aromatic carbocycles. The number of amides is 2. The molecule has 0 saturated heterocycles. The Kier molecular flexibility index (Phi) is 6.97. The van der Waals surface area contributed by atoms with Crippen molar-refractivity contribution in [1.29, 1.82) is 0 Å². The quantitative estimate of drug-likeness (QED) is 0.707. The predicted octanol–water partition coefficient (Wildman–Crippen LogP) is 1.33.